The van der Waals surface area contributed by atoms with E-state index in [1.807, 2.05) is 13.8 Å². The third-order valence-electron chi connectivity index (χ3n) is 5.20. The molecular weight excluding hydrogens is 413 g/mol. The quantitative estimate of drug-likeness (QED) is 0.508. The van der Waals surface area contributed by atoms with Crippen molar-refractivity contribution in [3.8, 4) is 5.75 Å². The molecule has 30 heavy (non-hydrogen) atoms. The van der Waals surface area contributed by atoms with Crippen molar-refractivity contribution in [2.45, 2.75) is 32.5 Å². The summed E-state index contributed by atoms with van der Waals surface area (Å²) in [6, 6.07) is 10.5. The number of hydrogen-bond donors (Lipinski definition) is 0. The Hall–Kier alpha value is -2.71. The molecule has 0 N–H and O–H groups in total. The first-order valence-corrected chi connectivity index (χ1v) is 9.97. The van der Waals surface area contributed by atoms with Crippen LogP contribution in [0.4, 0.5) is 10.1 Å². The Labute approximate surface area is 179 Å². The molecule has 2 aromatic carbocycles. The Morgan fingerprint density at radius 2 is 1.90 bits per heavy atom. The summed E-state index contributed by atoms with van der Waals surface area (Å²) in [5.74, 6) is -0.495. The van der Waals surface area contributed by atoms with Crippen LogP contribution in [0.2, 0.25) is 5.02 Å². The molecule has 1 fully saturated rings. The van der Waals surface area contributed by atoms with E-state index >= 15 is 0 Å². The van der Waals surface area contributed by atoms with E-state index in [0.29, 0.717) is 19.6 Å². The molecule has 3 rings (SSSR count). The van der Waals surface area contributed by atoms with Crippen molar-refractivity contribution >= 4 is 23.2 Å². The molecule has 1 amide bonds. The van der Waals surface area contributed by atoms with E-state index in [9.17, 15) is 19.3 Å². The number of hydrogen-bond acceptors (Lipinski definition) is 5. The predicted octanol–water partition coefficient (Wildman–Crippen LogP) is 3.89. The van der Waals surface area contributed by atoms with Crippen molar-refractivity contribution in [3.05, 3.63) is 69.0 Å². The van der Waals surface area contributed by atoms with Gasteiger partial charge in [0.2, 0.25) is 0 Å². The molecule has 9 heteroatoms. The van der Waals surface area contributed by atoms with Gasteiger partial charge in [0, 0.05) is 42.8 Å². The Bertz CT molecular complexity index is 925. The van der Waals surface area contributed by atoms with Gasteiger partial charge in [-0.05, 0) is 43.7 Å². The Balaban J connectivity index is 1.60. The van der Waals surface area contributed by atoms with Crippen LogP contribution in [0.5, 0.6) is 5.75 Å². The Kier molecular flexibility index (Phi) is 6.89. The Morgan fingerprint density at radius 3 is 2.57 bits per heavy atom. The van der Waals surface area contributed by atoms with Crippen LogP contribution in [0.1, 0.15) is 19.4 Å². The van der Waals surface area contributed by atoms with Crippen LogP contribution in [0, 0.1) is 15.9 Å². The number of carbonyl (C=O) groups excluding carboxylic acids is 1. The van der Waals surface area contributed by atoms with Crippen molar-refractivity contribution in [3.63, 3.8) is 0 Å². The molecule has 1 aliphatic rings. The molecule has 160 valence electrons. The summed E-state index contributed by atoms with van der Waals surface area (Å²) in [6.07, 6.45) is 0. The largest absolute Gasteiger partial charge is 0.477 e. The molecule has 0 saturated carbocycles. The van der Waals surface area contributed by atoms with E-state index in [-0.39, 0.29) is 46.9 Å². The van der Waals surface area contributed by atoms with Crippen LogP contribution in [0.25, 0.3) is 0 Å². The van der Waals surface area contributed by atoms with Crippen molar-refractivity contribution in [2.75, 3.05) is 19.7 Å². The molecule has 7 nitrogen and oxygen atoms in total. The highest BCUT2D eigenvalue weighted by atomic mass is 35.5. The van der Waals surface area contributed by atoms with Crippen molar-refractivity contribution in [2.24, 2.45) is 0 Å². The summed E-state index contributed by atoms with van der Waals surface area (Å²) >= 11 is 5.80. The zero-order valence-corrected chi connectivity index (χ0v) is 17.5. The average Bonchev–Trinajstić information content (AvgIpc) is 2.70. The average molecular weight is 436 g/mol. The van der Waals surface area contributed by atoms with Gasteiger partial charge in [0.1, 0.15) is 5.82 Å². The number of piperazine rings is 1. The number of nitrogens with zero attached hydrogens (tertiary/aromatic N) is 3. The Morgan fingerprint density at radius 1 is 1.20 bits per heavy atom. The van der Waals surface area contributed by atoms with Crippen LogP contribution in [0.15, 0.2) is 42.5 Å². The van der Waals surface area contributed by atoms with Gasteiger partial charge in [-0.25, -0.2) is 4.39 Å². The highest BCUT2D eigenvalue weighted by Gasteiger charge is 2.32. The lowest BCUT2D eigenvalue weighted by atomic mass is 10.1. The van der Waals surface area contributed by atoms with E-state index in [1.165, 1.54) is 30.3 Å². The molecule has 2 aromatic rings. The van der Waals surface area contributed by atoms with E-state index in [4.69, 9.17) is 16.3 Å². The van der Waals surface area contributed by atoms with Crippen molar-refractivity contribution in [1.29, 1.82) is 0 Å². The summed E-state index contributed by atoms with van der Waals surface area (Å²) in [5, 5.41) is 11.4. The summed E-state index contributed by atoms with van der Waals surface area (Å²) < 4.78 is 18.6. The number of halogens is 2. The first-order chi connectivity index (χ1) is 14.2. The van der Waals surface area contributed by atoms with Crippen LogP contribution in [0.3, 0.4) is 0 Å². The fourth-order valence-electron chi connectivity index (χ4n) is 3.57. The van der Waals surface area contributed by atoms with Gasteiger partial charge in [-0.3, -0.25) is 19.8 Å². The van der Waals surface area contributed by atoms with Gasteiger partial charge in [0.25, 0.3) is 5.91 Å². The first-order valence-electron chi connectivity index (χ1n) is 9.59. The lowest BCUT2D eigenvalue weighted by Gasteiger charge is -2.44. The lowest BCUT2D eigenvalue weighted by molar-refractivity contribution is -0.385. The van der Waals surface area contributed by atoms with E-state index in [1.54, 1.807) is 17.0 Å². The van der Waals surface area contributed by atoms with Crippen LogP contribution < -0.4 is 4.74 Å². The number of benzene rings is 2. The fourth-order valence-corrected chi connectivity index (χ4v) is 3.73. The highest BCUT2D eigenvalue weighted by molar-refractivity contribution is 6.30. The maximum Gasteiger partial charge on any atom is 0.312 e. The third kappa shape index (κ3) is 5.25. The van der Waals surface area contributed by atoms with Crippen LogP contribution >= 0.6 is 11.6 Å². The normalized spacial score (nSPS) is 19.5. The zero-order chi connectivity index (χ0) is 21.8. The molecule has 0 aromatic heterocycles. The molecule has 0 bridgehead atoms. The van der Waals surface area contributed by atoms with Gasteiger partial charge < -0.3 is 9.64 Å². The second-order valence-corrected chi connectivity index (χ2v) is 7.89. The standard InChI is InChI=1S/C21H23ClFN3O4/c1-14-11-25(15(2)10-24(14)12-16-3-6-18(23)7-4-16)21(27)13-30-20-8-5-17(22)9-19(20)26(28)29/h3-9,14-15H,10-13H2,1-2H3/t14-,15+/m1/s1. The number of nitro groups is 1. The SMILES string of the molecule is C[C@@H]1CN(C(=O)COc2ccc(Cl)cc2[N+](=O)[O-])[C@@H](C)CN1Cc1ccc(F)cc1. The first kappa shape index (κ1) is 22.0. The smallest absolute Gasteiger partial charge is 0.312 e. The number of nitro benzene ring substituents is 1. The minimum atomic E-state index is -0.593. The molecule has 0 radical (unpaired) electrons. The predicted molar refractivity (Wildman–Crippen MR) is 111 cm³/mol. The van der Waals surface area contributed by atoms with Gasteiger partial charge >= 0.3 is 5.69 Å². The maximum atomic E-state index is 13.1. The van der Waals surface area contributed by atoms with Gasteiger partial charge in [-0.15, -0.1) is 0 Å². The molecule has 0 spiro atoms. The van der Waals surface area contributed by atoms with Crippen molar-refractivity contribution < 1.29 is 18.8 Å². The van der Waals surface area contributed by atoms with Gasteiger partial charge in [0.05, 0.1) is 4.92 Å². The summed E-state index contributed by atoms with van der Waals surface area (Å²) in [5.41, 5.74) is 0.731. The lowest BCUT2D eigenvalue weighted by Crippen LogP contribution is -2.58. The van der Waals surface area contributed by atoms with Crippen LogP contribution in [-0.2, 0) is 11.3 Å². The molecule has 1 aliphatic heterocycles. The van der Waals surface area contributed by atoms with Gasteiger partial charge in [0.15, 0.2) is 12.4 Å². The van der Waals surface area contributed by atoms with Crippen LogP contribution in [-0.4, -0.2) is 52.4 Å². The number of rotatable bonds is 6. The molecule has 1 heterocycles. The molecule has 2 atom stereocenters. The number of carbonyl (C=O) groups is 1. The fraction of sp³-hybridized carbons (Fsp3) is 0.381. The highest BCUT2D eigenvalue weighted by Crippen LogP contribution is 2.30. The molecule has 1 saturated heterocycles. The minimum Gasteiger partial charge on any atom is -0.477 e. The van der Waals surface area contributed by atoms with E-state index < -0.39 is 4.92 Å². The van der Waals surface area contributed by atoms with Gasteiger partial charge in [-0.2, -0.15) is 0 Å². The molecule has 0 unspecified atom stereocenters. The number of amides is 1. The zero-order valence-electron chi connectivity index (χ0n) is 16.8. The second-order valence-electron chi connectivity index (χ2n) is 7.46. The van der Waals surface area contributed by atoms with Gasteiger partial charge in [-0.1, -0.05) is 23.7 Å². The summed E-state index contributed by atoms with van der Waals surface area (Å²) in [4.78, 5) is 27.3. The topological polar surface area (TPSA) is 75.9 Å². The summed E-state index contributed by atoms with van der Waals surface area (Å²) in [6.45, 7) is 5.52. The van der Waals surface area contributed by atoms with E-state index in [0.717, 1.165) is 5.56 Å². The minimum absolute atomic E-state index is 0.00778. The van der Waals surface area contributed by atoms with Crippen molar-refractivity contribution in [1.82, 2.24) is 9.80 Å². The molecular formula is C21H23ClFN3O4. The molecule has 0 aliphatic carbocycles. The third-order valence-corrected chi connectivity index (χ3v) is 5.44. The summed E-state index contributed by atoms with van der Waals surface area (Å²) in [7, 11) is 0. The number of ether oxygens (including phenoxy) is 1. The second kappa shape index (κ2) is 9.40. The maximum absolute atomic E-state index is 13.1. The van der Waals surface area contributed by atoms with E-state index in [2.05, 4.69) is 4.90 Å². The monoisotopic (exact) mass is 435 g/mol.